The van der Waals surface area contributed by atoms with Crippen LogP contribution in [-0.4, -0.2) is 48.7 Å². The first-order valence-electron chi connectivity index (χ1n) is 6.17. The molecule has 1 fully saturated rings. The summed E-state index contributed by atoms with van der Waals surface area (Å²) in [6.07, 6.45) is 0. The first-order chi connectivity index (χ1) is 8.90. The number of carboxylic acid groups (broad SMARTS) is 1. The Morgan fingerprint density at radius 1 is 1.47 bits per heavy atom. The summed E-state index contributed by atoms with van der Waals surface area (Å²) in [5, 5.41) is 8.85. The Morgan fingerprint density at radius 3 is 2.74 bits per heavy atom. The number of rotatable bonds is 2. The number of hydrogen-bond donors (Lipinski definition) is 2. The fourth-order valence-electron chi connectivity index (χ4n) is 2.28. The van der Waals surface area contributed by atoms with E-state index in [1.54, 1.807) is 0 Å². The smallest absolute Gasteiger partial charge is 0.338 e. The van der Waals surface area contributed by atoms with Crippen molar-refractivity contribution in [1.29, 1.82) is 0 Å². The van der Waals surface area contributed by atoms with Crippen LogP contribution in [0.2, 0.25) is 0 Å². The van der Waals surface area contributed by atoms with Gasteiger partial charge in [-0.1, -0.05) is 0 Å². The van der Waals surface area contributed by atoms with Crippen molar-refractivity contribution in [3.05, 3.63) is 23.5 Å². The molecule has 1 heterocycles. The molecule has 1 aliphatic rings. The molecule has 1 aromatic carbocycles. The van der Waals surface area contributed by atoms with E-state index in [2.05, 4.69) is 11.8 Å². The molecule has 0 spiro atoms. The summed E-state index contributed by atoms with van der Waals surface area (Å²) in [6, 6.07) is 2.75. The molecule has 0 aliphatic carbocycles. The molecule has 0 saturated carbocycles. The highest BCUT2D eigenvalue weighted by Crippen LogP contribution is 2.28. The summed E-state index contributed by atoms with van der Waals surface area (Å²) in [5.74, 6) is -2.05. The van der Waals surface area contributed by atoms with Crippen LogP contribution in [0.25, 0.3) is 0 Å². The summed E-state index contributed by atoms with van der Waals surface area (Å²) in [4.78, 5) is 15.1. The fourth-order valence-corrected chi connectivity index (χ4v) is 2.28. The van der Waals surface area contributed by atoms with E-state index in [9.17, 15) is 9.18 Å². The molecule has 1 aromatic rings. The highest BCUT2D eigenvalue weighted by Gasteiger charge is 2.24. The zero-order chi connectivity index (χ0) is 14.2. The molecule has 0 radical (unpaired) electrons. The molecule has 1 saturated heterocycles. The Bertz CT molecular complexity index is 507. The van der Waals surface area contributed by atoms with Crippen LogP contribution in [0, 0.1) is 5.82 Å². The van der Waals surface area contributed by atoms with Crippen LogP contribution in [0.3, 0.4) is 0 Å². The number of halogens is 1. The number of nitrogens with two attached hydrogens (primary N) is 1. The predicted molar refractivity (Wildman–Crippen MR) is 72.1 cm³/mol. The van der Waals surface area contributed by atoms with Gasteiger partial charge in [0.2, 0.25) is 0 Å². The molecule has 0 bridgehead atoms. The van der Waals surface area contributed by atoms with Gasteiger partial charge in [-0.3, -0.25) is 0 Å². The Labute approximate surface area is 111 Å². The van der Waals surface area contributed by atoms with E-state index in [4.69, 9.17) is 10.8 Å². The topological polar surface area (TPSA) is 69.8 Å². The van der Waals surface area contributed by atoms with Crippen molar-refractivity contribution in [2.24, 2.45) is 0 Å². The van der Waals surface area contributed by atoms with Crippen molar-refractivity contribution < 1.29 is 14.3 Å². The maximum Gasteiger partial charge on any atom is 0.338 e. The summed E-state index contributed by atoms with van der Waals surface area (Å²) in [7, 11) is 2.04. The predicted octanol–water partition coefficient (Wildman–Crippen LogP) is 1.25. The minimum Gasteiger partial charge on any atom is -0.478 e. The number of carboxylic acids is 1. The fraction of sp³-hybridized carbons (Fsp3) is 0.462. The second kappa shape index (κ2) is 5.05. The highest BCUT2D eigenvalue weighted by molar-refractivity contribution is 5.91. The van der Waals surface area contributed by atoms with Gasteiger partial charge in [0.15, 0.2) is 0 Å². The second-order valence-corrected chi connectivity index (χ2v) is 4.97. The third-order valence-electron chi connectivity index (χ3n) is 3.65. The third-order valence-corrected chi connectivity index (χ3v) is 3.65. The monoisotopic (exact) mass is 267 g/mol. The zero-order valence-corrected chi connectivity index (χ0v) is 11.1. The lowest BCUT2D eigenvalue weighted by Crippen LogP contribution is -2.50. The van der Waals surface area contributed by atoms with Gasteiger partial charge in [0, 0.05) is 31.7 Å². The highest BCUT2D eigenvalue weighted by atomic mass is 19.1. The van der Waals surface area contributed by atoms with Gasteiger partial charge in [-0.25, -0.2) is 9.18 Å². The molecule has 6 heteroatoms. The quantitative estimate of drug-likeness (QED) is 0.789. The number of benzene rings is 1. The molecule has 5 nitrogen and oxygen atoms in total. The van der Waals surface area contributed by atoms with Gasteiger partial charge in [-0.05, 0) is 20.0 Å². The Hall–Kier alpha value is -1.82. The van der Waals surface area contributed by atoms with Crippen LogP contribution in [0.5, 0.6) is 0 Å². The second-order valence-electron chi connectivity index (χ2n) is 4.97. The van der Waals surface area contributed by atoms with E-state index >= 15 is 0 Å². The molecule has 0 aromatic heterocycles. The van der Waals surface area contributed by atoms with Crippen molar-refractivity contribution in [3.63, 3.8) is 0 Å². The van der Waals surface area contributed by atoms with Gasteiger partial charge in [0.1, 0.15) is 5.82 Å². The molecule has 1 unspecified atom stereocenters. The molecule has 104 valence electrons. The largest absolute Gasteiger partial charge is 0.478 e. The number of aromatic carboxylic acids is 1. The molecular formula is C13H18FN3O2. The lowest BCUT2D eigenvalue weighted by Gasteiger charge is -2.39. The maximum atomic E-state index is 13.7. The van der Waals surface area contributed by atoms with Crippen molar-refractivity contribution in [1.82, 2.24) is 4.90 Å². The van der Waals surface area contributed by atoms with Gasteiger partial charge >= 0.3 is 5.97 Å². The molecule has 0 amide bonds. The lowest BCUT2D eigenvalue weighted by atomic mass is 10.1. The minimum absolute atomic E-state index is 0.301. The van der Waals surface area contributed by atoms with Crippen LogP contribution in [0.4, 0.5) is 15.8 Å². The Balaban J connectivity index is 2.31. The van der Waals surface area contributed by atoms with Crippen molar-refractivity contribution in [2.75, 3.05) is 37.3 Å². The molecule has 19 heavy (non-hydrogen) atoms. The van der Waals surface area contributed by atoms with E-state index in [0.29, 0.717) is 17.4 Å². The third kappa shape index (κ3) is 2.63. The van der Waals surface area contributed by atoms with Crippen LogP contribution >= 0.6 is 0 Å². The number of nitrogen functional groups attached to an aromatic ring is 1. The summed E-state index contributed by atoms with van der Waals surface area (Å²) < 4.78 is 13.7. The molecule has 1 aliphatic heterocycles. The number of likely N-dealkylation sites (N-methyl/N-ethyl adjacent to an activating group) is 1. The minimum atomic E-state index is -1.30. The lowest BCUT2D eigenvalue weighted by molar-refractivity contribution is 0.0692. The average molecular weight is 267 g/mol. The summed E-state index contributed by atoms with van der Waals surface area (Å²) in [5.41, 5.74) is 6.34. The molecular weight excluding hydrogens is 249 g/mol. The standard InChI is InChI=1S/C13H18FN3O2/c1-8-7-17(4-3-16(8)2)12-6-10(14)9(13(18)19)5-11(12)15/h5-6,8H,3-4,7,15H2,1-2H3,(H,18,19). The van der Waals surface area contributed by atoms with E-state index < -0.39 is 11.8 Å². The van der Waals surface area contributed by atoms with Crippen LogP contribution in [0.15, 0.2) is 12.1 Å². The Morgan fingerprint density at radius 2 is 2.16 bits per heavy atom. The maximum absolute atomic E-state index is 13.7. The average Bonchev–Trinajstić information content (AvgIpc) is 2.35. The van der Waals surface area contributed by atoms with E-state index in [1.807, 2.05) is 11.9 Å². The molecule has 2 rings (SSSR count). The number of piperazine rings is 1. The molecule has 3 N–H and O–H groups in total. The van der Waals surface area contributed by atoms with Crippen LogP contribution < -0.4 is 10.6 Å². The van der Waals surface area contributed by atoms with Crippen molar-refractivity contribution in [2.45, 2.75) is 13.0 Å². The van der Waals surface area contributed by atoms with Crippen molar-refractivity contribution >= 4 is 17.3 Å². The van der Waals surface area contributed by atoms with Gasteiger partial charge in [0.05, 0.1) is 16.9 Å². The van der Waals surface area contributed by atoms with Gasteiger partial charge in [-0.15, -0.1) is 0 Å². The first kappa shape index (κ1) is 13.6. The van der Waals surface area contributed by atoms with E-state index in [1.165, 1.54) is 12.1 Å². The van der Waals surface area contributed by atoms with Gasteiger partial charge in [0.25, 0.3) is 0 Å². The van der Waals surface area contributed by atoms with Crippen LogP contribution in [0.1, 0.15) is 17.3 Å². The number of hydrogen-bond acceptors (Lipinski definition) is 4. The van der Waals surface area contributed by atoms with E-state index in [0.717, 1.165) is 19.6 Å². The van der Waals surface area contributed by atoms with E-state index in [-0.39, 0.29) is 5.56 Å². The number of carbonyl (C=O) groups is 1. The summed E-state index contributed by atoms with van der Waals surface area (Å²) in [6.45, 7) is 4.44. The number of anilines is 2. The normalized spacial score (nSPS) is 20.6. The van der Waals surface area contributed by atoms with Crippen LogP contribution in [-0.2, 0) is 0 Å². The van der Waals surface area contributed by atoms with Crippen molar-refractivity contribution in [3.8, 4) is 0 Å². The van der Waals surface area contributed by atoms with Gasteiger partial charge < -0.3 is 20.6 Å². The van der Waals surface area contributed by atoms with Gasteiger partial charge in [-0.2, -0.15) is 0 Å². The molecule has 1 atom stereocenters. The SMILES string of the molecule is CC1CN(c2cc(F)c(C(=O)O)cc2N)CCN1C. The summed E-state index contributed by atoms with van der Waals surface area (Å²) >= 11 is 0. The zero-order valence-electron chi connectivity index (χ0n) is 11.1. The Kier molecular flexibility index (Phi) is 3.61. The first-order valence-corrected chi connectivity index (χ1v) is 6.17. The number of nitrogens with zero attached hydrogens (tertiary/aromatic N) is 2.